The van der Waals surface area contributed by atoms with Gasteiger partial charge < -0.3 is 0 Å². The summed E-state index contributed by atoms with van der Waals surface area (Å²) < 4.78 is 3.18. The Morgan fingerprint density at radius 3 is 2.53 bits per heavy atom. The topological polar surface area (TPSA) is 0 Å². The van der Waals surface area contributed by atoms with Gasteiger partial charge >= 0.3 is 113 Å². The molecule has 0 atom stereocenters. The predicted octanol–water partition coefficient (Wildman–Crippen LogP) is 4.14. The zero-order valence-electron chi connectivity index (χ0n) is 11.3. The Morgan fingerprint density at radius 1 is 1.24 bits per heavy atom. The Kier molecular flexibility index (Phi) is 7.32. The number of hydrogen-bond donors (Lipinski definition) is 0. The molecule has 0 nitrogen and oxygen atoms in total. The Balaban J connectivity index is 2.60. The number of benzene rings is 1. The second-order valence-electron chi connectivity index (χ2n) is 4.83. The maximum atomic E-state index is 2.50. The van der Waals surface area contributed by atoms with Crippen molar-refractivity contribution in [2.75, 3.05) is 0 Å². The molecule has 0 aliphatic rings. The van der Waals surface area contributed by atoms with Gasteiger partial charge in [0.2, 0.25) is 0 Å². The third-order valence-electron chi connectivity index (χ3n) is 2.53. The summed E-state index contributed by atoms with van der Waals surface area (Å²) in [7, 11) is 0. The molecule has 0 amide bonds. The molecule has 0 bridgehead atoms. The number of hydrogen-bond acceptors (Lipinski definition) is 0. The van der Waals surface area contributed by atoms with Crippen LogP contribution >= 0.6 is 0 Å². The molecule has 0 aromatic heterocycles. The molecule has 17 heavy (non-hydrogen) atoms. The Bertz CT molecular complexity index is 325. The van der Waals surface area contributed by atoms with Gasteiger partial charge in [0.1, 0.15) is 0 Å². The Labute approximate surface area is 113 Å². The van der Waals surface area contributed by atoms with E-state index in [9.17, 15) is 0 Å². The van der Waals surface area contributed by atoms with Crippen LogP contribution in [0, 0.1) is 5.92 Å². The van der Waals surface area contributed by atoms with Crippen molar-refractivity contribution in [2.24, 2.45) is 5.92 Å². The molecule has 1 heteroatoms. The first-order valence-corrected chi connectivity index (χ1v) is 8.35. The molecule has 0 saturated heterocycles. The average molecular weight is 295 g/mol. The van der Waals surface area contributed by atoms with Crippen LogP contribution in [0.25, 0.3) is 0 Å². The van der Waals surface area contributed by atoms with Crippen molar-refractivity contribution in [3.63, 3.8) is 0 Å². The SMILES string of the molecule is CCCC/C=C(/CC(C)C)[Se]c1ccccc1. The monoisotopic (exact) mass is 296 g/mol. The van der Waals surface area contributed by atoms with Gasteiger partial charge in [0, 0.05) is 0 Å². The van der Waals surface area contributed by atoms with Crippen molar-refractivity contribution in [3.8, 4) is 0 Å². The van der Waals surface area contributed by atoms with E-state index in [1.165, 1.54) is 30.1 Å². The van der Waals surface area contributed by atoms with Crippen molar-refractivity contribution >= 4 is 19.4 Å². The van der Waals surface area contributed by atoms with Crippen LogP contribution < -0.4 is 4.46 Å². The summed E-state index contributed by atoms with van der Waals surface area (Å²) in [6.07, 6.45) is 7.64. The Morgan fingerprint density at radius 2 is 1.94 bits per heavy atom. The van der Waals surface area contributed by atoms with E-state index in [1.54, 1.807) is 4.47 Å². The molecule has 1 aromatic carbocycles. The molecule has 0 unspecified atom stereocenters. The molecule has 0 heterocycles. The zero-order valence-corrected chi connectivity index (χ0v) is 13.0. The van der Waals surface area contributed by atoms with Crippen LogP contribution in [0.15, 0.2) is 40.9 Å². The number of unbranched alkanes of at least 4 members (excludes halogenated alkanes) is 2. The molecule has 0 aliphatic heterocycles. The summed E-state index contributed by atoms with van der Waals surface area (Å²) in [6, 6.07) is 10.9. The van der Waals surface area contributed by atoms with Crippen LogP contribution in [-0.2, 0) is 0 Å². The molecule has 1 rings (SSSR count). The van der Waals surface area contributed by atoms with Gasteiger partial charge in [-0.3, -0.25) is 0 Å². The van der Waals surface area contributed by atoms with Crippen LogP contribution in [0.5, 0.6) is 0 Å². The summed E-state index contributed by atoms with van der Waals surface area (Å²) >= 11 is 0.527. The normalized spacial score (nSPS) is 12.1. The van der Waals surface area contributed by atoms with Crippen molar-refractivity contribution < 1.29 is 0 Å². The average Bonchev–Trinajstić information content (AvgIpc) is 2.30. The summed E-state index contributed by atoms with van der Waals surface area (Å²) in [5.74, 6) is 0.772. The van der Waals surface area contributed by atoms with E-state index < -0.39 is 0 Å². The number of rotatable bonds is 7. The minimum atomic E-state index is 0.527. The summed E-state index contributed by atoms with van der Waals surface area (Å²) in [4.78, 5) is 0. The second-order valence-corrected chi connectivity index (χ2v) is 7.34. The second kappa shape index (κ2) is 8.55. The fourth-order valence-electron chi connectivity index (χ4n) is 1.68. The summed E-state index contributed by atoms with van der Waals surface area (Å²) in [5.41, 5.74) is 0. The number of allylic oxidation sites excluding steroid dienone is 2. The minimum absolute atomic E-state index is 0.527. The van der Waals surface area contributed by atoms with Gasteiger partial charge in [-0.2, -0.15) is 0 Å². The van der Waals surface area contributed by atoms with Gasteiger partial charge in [-0.25, -0.2) is 0 Å². The first-order valence-electron chi connectivity index (χ1n) is 6.64. The van der Waals surface area contributed by atoms with Gasteiger partial charge in [-0.05, 0) is 0 Å². The third kappa shape index (κ3) is 6.71. The summed E-state index contributed by atoms with van der Waals surface area (Å²) in [5, 5.41) is 0. The maximum absolute atomic E-state index is 2.50. The van der Waals surface area contributed by atoms with Crippen LogP contribution in [0.3, 0.4) is 0 Å². The molecule has 0 N–H and O–H groups in total. The van der Waals surface area contributed by atoms with Gasteiger partial charge in [0.05, 0.1) is 0 Å². The fourth-order valence-corrected chi connectivity index (χ4v) is 4.22. The van der Waals surface area contributed by atoms with E-state index in [4.69, 9.17) is 0 Å². The van der Waals surface area contributed by atoms with Crippen LogP contribution in [0.4, 0.5) is 0 Å². The van der Waals surface area contributed by atoms with E-state index in [1.807, 2.05) is 0 Å². The van der Waals surface area contributed by atoms with Crippen molar-refractivity contribution in [2.45, 2.75) is 46.5 Å². The first kappa shape index (κ1) is 14.5. The first-order chi connectivity index (χ1) is 8.22. The zero-order chi connectivity index (χ0) is 12.5. The van der Waals surface area contributed by atoms with Crippen LogP contribution in [0.2, 0.25) is 0 Å². The quantitative estimate of drug-likeness (QED) is 0.524. The van der Waals surface area contributed by atoms with Crippen molar-refractivity contribution in [3.05, 3.63) is 40.9 Å². The van der Waals surface area contributed by atoms with E-state index in [2.05, 4.69) is 57.2 Å². The van der Waals surface area contributed by atoms with E-state index in [0.29, 0.717) is 15.0 Å². The molecular weight excluding hydrogens is 271 g/mol. The van der Waals surface area contributed by atoms with Gasteiger partial charge in [0.15, 0.2) is 0 Å². The molecule has 0 radical (unpaired) electrons. The van der Waals surface area contributed by atoms with Gasteiger partial charge in [0.25, 0.3) is 0 Å². The van der Waals surface area contributed by atoms with Crippen LogP contribution in [0.1, 0.15) is 46.5 Å². The van der Waals surface area contributed by atoms with Crippen LogP contribution in [-0.4, -0.2) is 15.0 Å². The third-order valence-corrected chi connectivity index (χ3v) is 4.85. The summed E-state index contributed by atoms with van der Waals surface area (Å²) in [6.45, 7) is 6.89. The molecule has 0 aliphatic carbocycles. The van der Waals surface area contributed by atoms with E-state index in [0.717, 1.165) is 5.92 Å². The fraction of sp³-hybridized carbons (Fsp3) is 0.500. The molecule has 0 fully saturated rings. The molecule has 0 saturated carbocycles. The molecule has 94 valence electrons. The predicted molar refractivity (Wildman–Crippen MR) is 78.9 cm³/mol. The molecular formula is C16H24Se. The van der Waals surface area contributed by atoms with Crippen molar-refractivity contribution in [1.82, 2.24) is 0 Å². The van der Waals surface area contributed by atoms with E-state index >= 15 is 0 Å². The van der Waals surface area contributed by atoms with Gasteiger partial charge in [-0.15, -0.1) is 0 Å². The molecule has 1 aromatic rings. The Hall–Kier alpha value is -0.521. The van der Waals surface area contributed by atoms with Crippen molar-refractivity contribution in [1.29, 1.82) is 0 Å². The standard InChI is InChI=1S/C16H24Se/c1-4-5-7-12-16(13-14(2)3)17-15-10-8-6-9-11-15/h6,8-12,14H,4-5,7,13H2,1-3H3/b16-12-. The van der Waals surface area contributed by atoms with Gasteiger partial charge in [-0.1, -0.05) is 0 Å². The molecule has 0 spiro atoms. The van der Waals surface area contributed by atoms with E-state index in [-0.39, 0.29) is 0 Å².